The molecule has 1 rings (SSSR count). The first-order valence-corrected chi connectivity index (χ1v) is 13.0. The molecule has 0 spiro atoms. The first-order chi connectivity index (χ1) is 22.0. The van der Waals surface area contributed by atoms with Crippen LogP contribution in [0.15, 0.2) is 18.2 Å². The van der Waals surface area contributed by atoms with Crippen LogP contribution in [0.4, 0.5) is 61.5 Å². The topological polar surface area (TPSA) is 111 Å². The van der Waals surface area contributed by atoms with Gasteiger partial charge in [0.15, 0.2) is 11.5 Å². The Hall–Kier alpha value is -2.93. The van der Waals surface area contributed by atoms with Crippen LogP contribution in [0.1, 0.15) is 24.2 Å². The summed E-state index contributed by atoms with van der Waals surface area (Å²) in [5, 5.41) is 9.17. The summed E-state index contributed by atoms with van der Waals surface area (Å²) < 4.78 is 222. The van der Waals surface area contributed by atoms with Gasteiger partial charge in [0.05, 0.1) is 18.8 Å². The van der Waals surface area contributed by atoms with E-state index >= 15 is 0 Å². The van der Waals surface area contributed by atoms with Crippen molar-refractivity contribution in [3.05, 3.63) is 23.8 Å². The number of halogens is 14. The Labute approximate surface area is 267 Å². The van der Waals surface area contributed by atoms with Gasteiger partial charge in [-0.1, -0.05) is 0 Å². The molecule has 286 valence electrons. The van der Waals surface area contributed by atoms with Crippen molar-refractivity contribution in [3.8, 4) is 11.5 Å². The first kappa shape index (κ1) is 44.1. The fraction of sp³-hybridized carbons (Fsp3) is 0.720. The maximum absolute atomic E-state index is 14.4. The molecule has 0 aliphatic carbocycles. The smallest absolute Gasteiger partial charge is 0.457 e. The van der Waals surface area contributed by atoms with Crippen molar-refractivity contribution in [1.82, 2.24) is 0 Å². The number of ether oxygens (including phenoxy) is 8. The van der Waals surface area contributed by atoms with E-state index in [1.807, 2.05) is 0 Å². The number of alkyl halides is 14. The van der Waals surface area contributed by atoms with Crippen LogP contribution in [-0.4, -0.2) is 113 Å². The van der Waals surface area contributed by atoms with Crippen molar-refractivity contribution >= 4 is 5.97 Å². The highest BCUT2D eigenvalue weighted by Gasteiger charge is 2.78. The standard InChI is InChI=1S/C25H28F14O10/c1-18(26,48-24(36,37)19(2,27)42-3)12-44-7-10-47-16-11-14(17(40)41)5-6-15(16)46-9-8-45-13-20(28,22(30,31)32)49-25(38,39)21(29,43-4)23(33,34)35/h5-6,11H,7-10,12-13H2,1-4H3,(H,40,41). The average molecular weight is 754 g/mol. The van der Waals surface area contributed by atoms with Crippen LogP contribution in [0, 0.1) is 0 Å². The second-order valence-electron chi connectivity index (χ2n) is 9.75. The lowest BCUT2D eigenvalue weighted by Gasteiger charge is -2.37. The van der Waals surface area contributed by atoms with Crippen LogP contribution < -0.4 is 9.47 Å². The monoisotopic (exact) mass is 754 g/mol. The number of benzene rings is 1. The molecule has 0 amide bonds. The molecule has 10 nitrogen and oxygen atoms in total. The van der Waals surface area contributed by atoms with E-state index < -0.39 is 111 Å². The molecule has 1 aromatic rings. The second-order valence-corrected chi connectivity index (χ2v) is 9.75. The largest absolute Gasteiger partial charge is 0.487 e. The SMILES string of the molecule is COC(C)(F)C(F)(F)OC(C)(F)COCCOc1cc(C(=O)O)ccc1OCCOCC(F)(OC(F)(F)C(F)(OC)C(F)(F)F)C(F)(F)F. The number of carboxylic acid groups (broad SMARTS) is 1. The Morgan fingerprint density at radius 3 is 1.61 bits per heavy atom. The fourth-order valence-electron chi connectivity index (χ4n) is 3.10. The second kappa shape index (κ2) is 16.0. The maximum atomic E-state index is 14.4. The van der Waals surface area contributed by atoms with Gasteiger partial charge in [-0.25, -0.2) is 13.6 Å². The number of rotatable bonds is 21. The van der Waals surface area contributed by atoms with Gasteiger partial charge in [-0.15, -0.1) is 0 Å². The molecule has 0 fully saturated rings. The van der Waals surface area contributed by atoms with E-state index in [1.54, 1.807) is 0 Å². The van der Waals surface area contributed by atoms with Crippen LogP contribution >= 0.6 is 0 Å². The van der Waals surface area contributed by atoms with Gasteiger partial charge >= 0.3 is 42.2 Å². The van der Waals surface area contributed by atoms with Crippen molar-refractivity contribution < 1.29 is 109 Å². The van der Waals surface area contributed by atoms with E-state index in [4.69, 9.17) is 19.3 Å². The maximum Gasteiger partial charge on any atom is 0.457 e. The van der Waals surface area contributed by atoms with Gasteiger partial charge in [0.1, 0.15) is 26.4 Å². The number of hydrogen-bond donors (Lipinski definition) is 1. The molecule has 0 saturated carbocycles. The van der Waals surface area contributed by atoms with E-state index in [0.29, 0.717) is 14.0 Å². The van der Waals surface area contributed by atoms with Crippen LogP contribution in [0.3, 0.4) is 0 Å². The Morgan fingerprint density at radius 2 is 1.16 bits per heavy atom. The highest BCUT2D eigenvalue weighted by atomic mass is 19.4. The van der Waals surface area contributed by atoms with Gasteiger partial charge in [0, 0.05) is 21.1 Å². The number of carboxylic acids is 1. The van der Waals surface area contributed by atoms with E-state index in [1.165, 1.54) is 0 Å². The Morgan fingerprint density at radius 1 is 0.653 bits per heavy atom. The Kier molecular flexibility index (Phi) is 14.4. The zero-order valence-corrected chi connectivity index (χ0v) is 25.4. The third kappa shape index (κ3) is 11.3. The zero-order valence-electron chi connectivity index (χ0n) is 25.4. The molecule has 0 aliphatic rings. The summed E-state index contributed by atoms with van der Waals surface area (Å²) in [6.07, 6.45) is -24.6. The summed E-state index contributed by atoms with van der Waals surface area (Å²) in [5.41, 5.74) is -0.441. The third-order valence-electron chi connectivity index (χ3n) is 5.79. The van der Waals surface area contributed by atoms with E-state index in [9.17, 15) is 66.3 Å². The molecule has 0 saturated heterocycles. The minimum absolute atomic E-state index is 0.267. The molecule has 49 heavy (non-hydrogen) atoms. The Balaban J connectivity index is 2.88. The molecule has 0 aliphatic heterocycles. The lowest BCUT2D eigenvalue weighted by Crippen LogP contribution is -2.63. The van der Waals surface area contributed by atoms with E-state index in [0.717, 1.165) is 18.2 Å². The van der Waals surface area contributed by atoms with Crippen LogP contribution in [-0.2, 0) is 28.4 Å². The molecule has 4 atom stereocenters. The van der Waals surface area contributed by atoms with Gasteiger partial charge < -0.3 is 33.5 Å². The molecule has 24 heteroatoms. The molecular weight excluding hydrogens is 726 g/mol. The minimum atomic E-state index is -6.70. The summed E-state index contributed by atoms with van der Waals surface area (Å²) in [6, 6.07) is 2.65. The molecule has 0 radical (unpaired) electrons. The van der Waals surface area contributed by atoms with Crippen LogP contribution in [0.2, 0.25) is 0 Å². The van der Waals surface area contributed by atoms with Crippen molar-refractivity contribution in [3.63, 3.8) is 0 Å². The summed E-state index contributed by atoms with van der Waals surface area (Å²) in [5.74, 6) is -21.3. The van der Waals surface area contributed by atoms with Crippen LogP contribution in [0.5, 0.6) is 11.5 Å². The molecule has 4 unspecified atom stereocenters. The van der Waals surface area contributed by atoms with Gasteiger partial charge in [-0.2, -0.15) is 52.7 Å². The summed E-state index contributed by atoms with van der Waals surface area (Å²) in [7, 11) is 0.270. The quantitative estimate of drug-likeness (QED) is 0.110. The Bertz CT molecular complexity index is 1230. The van der Waals surface area contributed by atoms with Gasteiger partial charge in [-0.3, -0.25) is 9.47 Å². The van der Waals surface area contributed by atoms with Gasteiger partial charge in [0.2, 0.25) is 5.85 Å². The van der Waals surface area contributed by atoms with E-state index in [2.05, 4.69) is 23.7 Å². The van der Waals surface area contributed by atoms with Crippen molar-refractivity contribution in [2.24, 2.45) is 0 Å². The zero-order chi connectivity index (χ0) is 38.3. The fourth-order valence-corrected chi connectivity index (χ4v) is 3.10. The van der Waals surface area contributed by atoms with Crippen molar-refractivity contribution in [2.75, 3.05) is 53.9 Å². The predicted molar refractivity (Wildman–Crippen MR) is 131 cm³/mol. The summed E-state index contributed by atoms with van der Waals surface area (Å²) in [4.78, 5) is 11.3. The van der Waals surface area contributed by atoms with Crippen molar-refractivity contribution in [2.45, 2.75) is 61.8 Å². The molecule has 0 aromatic heterocycles. The highest BCUT2D eigenvalue weighted by Crippen LogP contribution is 2.50. The number of methoxy groups -OCH3 is 2. The minimum Gasteiger partial charge on any atom is -0.487 e. The van der Waals surface area contributed by atoms with Gasteiger partial charge in [0.25, 0.3) is 5.85 Å². The molecule has 1 aromatic carbocycles. The lowest BCUT2D eigenvalue weighted by molar-refractivity contribution is -0.503. The molecular formula is C25H28F14O10. The first-order valence-electron chi connectivity index (χ1n) is 13.0. The normalized spacial score (nSPS) is 18.2. The summed E-state index contributed by atoms with van der Waals surface area (Å²) >= 11 is 0. The third-order valence-corrected chi connectivity index (χ3v) is 5.79. The number of aromatic carboxylic acids is 1. The average Bonchev–Trinajstić information content (AvgIpc) is 2.94. The summed E-state index contributed by atoms with van der Waals surface area (Å²) in [6.45, 7) is -6.34. The van der Waals surface area contributed by atoms with Crippen LogP contribution in [0.25, 0.3) is 0 Å². The number of carbonyl (C=O) groups is 1. The van der Waals surface area contributed by atoms with Crippen molar-refractivity contribution in [1.29, 1.82) is 0 Å². The van der Waals surface area contributed by atoms with E-state index in [-0.39, 0.29) is 14.0 Å². The molecule has 0 heterocycles. The number of hydrogen-bond acceptors (Lipinski definition) is 9. The van der Waals surface area contributed by atoms with Gasteiger partial charge in [-0.05, 0) is 25.1 Å². The lowest BCUT2D eigenvalue weighted by atomic mass is 10.2. The molecule has 1 N–H and O–H groups in total. The predicted octanol–water partition coefficient (Wildman–Crippen LogP) is 6.51. The molecule has 0 bridgehead atoms. The highest BCUT2D eigenvalue weighted by molar-refractivity contribution is 5.88.